The van der Waals surface area contributed by atoms with Crippen LogP contribution in [0.5, 0.6) is 5.75 Å². The third kappa shape index (κ3) is 9.23. The van der Waals surface area contributed by atoms with Crippen LogP contribution in [0.15, 0.2) is 54.6 Å². The van der Waals surface area contributed by atoms with Crippen LogP contribution in [0.3, 0.4) is 0 Å². The molecule has 0 radical (unpaired) electrons. The van der Waals surface area contributed by atoms with E-state index in [1.54, 1.807) is 31.4 Å². The van der Waals surface area contributed by atoms with Crippen LogP contribution >= 0.6 is 0 Å². The number of alkyl halides is 3. The number of methoxy groups -OCH3 is 1. The molecule has 40 heavy (non-hydrogen) atoms. The number of aliphatic carboxylic acids is 1. The number of benzene rings is 2. The number of carboxylic acid groups (broad SMARTS) is 1. The molecule has 1 atom stereocenters. The third-order valence-electron chi connectivity index (χ3n) is 6.91. The summed E-state index contributed by atoms with van der Waals surface area (Å²) in [7, 11) is 1.59. The number of carboxylic acids is 1. The molecule has 12 heteroatoms. The first-order valence-corrected chi connectivity index (χ1v) is 13.1. The fourth-order valence-electron chi connectivity index (χ4n) is 4.65. The molecule has 4 rings (SSSR count). The Bertz CT molecular complexity index is 1100. The number of carbonyl (C=O) groups excluding carboxylic acids is 2. The van der Waals surface area contributed by atoms with Crippen LogP contribution in [0.2, 0.25) is 0 Å². The minimum Gasteiger partial charge on any atom is -0.497 e. The summed E-state index contributed by atoms with van der Waals surface area (Å²) < 4.78 is 36.9. The number of nitrogens with zero attached hydrogens (tertiary/aromatic N) is 2. The van der Waals surface area contributed by atoms with Crippen LogP contribution in [-0.4, -0.2) is 91.8 Å². The van der Waals surface area contributed by atoms with E-state index in [4.69, 9.17) is 14.6 Å². The van der Waals surface area contributed by atoms with Gasteiger partial charge in [-0.25, -0.2) is 4.79 Å². The van der Waals surface area contributed by atoms with Gasteiger partial charge in [0.15, 0.2) is 0 Å². The van der Waals surface area contributed by atoms with Crippen molar-refractivity contribution >= 4 is 17.8 Å². The molecule has 0 spiro atoms. The third-order valence-corrected chi connectivity index (χ3v) is 6.91. The summed E-state index contributed by atoms with van der Waals surface area (Å²) in [5.41, 5.74) is 1.29. The summed E-state index contributed by atoms with van der Waals surface area (Å²) in [4.78, 5) is 39.7. The van der Waals surface area contributed by atoms with Gasteiger partial charge in [-0.05, 0) is 61.7 Å². The fraction of sp³-hybridized carbons (Fsp3) is 0.464. The summed E-state index contributed by atoms with van der Waals surface area (Å²) in [5, 5.41) is 13.5. The summed E-state index contributed by atoms with van der Waals surface area (Å²) >= 11 is 0. The van der Waals surface area contributed by atoms with Crippen molar-refractivity contribution in [3.63, 3.8) is 0 Å². The Labute approximate surface area is 231 Å². The molecule has 2 heterocycles. The first kappa shape index (κ1) is 30.9. The second kappa shape index (κ2) is 14.7. The number of nitrogens with one attached hydrogen (secondary N) is 2. The molecule has 0 bridgehead atoms. The van der Waals surface area contributed by atoms with Crippen LogP contribution in [0.4, 0.5) is 13.2 Å². The number of carbonyl (C=O) groups is 3. The SMILES string of the molecule is COc1ccc(C(=O)N[C@@H](C(=O)N2CCN(CC3CCNCC3)CC2)c2ccccc2)cc1.O=C(O)C(F)(F)F. The average molecular weight is 565 g/mol. The second-order valence-electron chi connectivity index (χ2n) is 9.67. The molecule has 0 aliphatic carbocycles. The Hall–Kier alpha value is -3.64. The lowest BCUT2D eigenvalue weighted by Gasteiger charge is -2.38. The lowest BCUT2D eigenvalue weighted by molar-refractivity contribution is -0.192. The van der Waals surface area contributed by atoms with Gasteiger partial charge in [0, 0.05) is 38.3 Å². The fourth-order valence-corrected chi connectivity index (χ4v) is 4.65. The van der Waals surface area contributed by atoms with Gasteiger partial charge in [-0.2, -0.15) is 13.2 Å². The Morgan fingerprint density at radius 2 is 1.57 bits per heavy atom. The number of piperazine rings is 1. The lowest BCUT2D eigenvalue weighted by atomic mass is 9.97. The van der Waals surface area contributed by atoms with Crippen molar-refractivity contribution in [2.75, 3.05) is 52.9 Å². The monoisotopic (exact) mass is 564 g/mol. The van der Waals surface area contributed by atoms with E-state index >= 15 is 0 Å². The number of piperidine rings is 1. The van der Waals surface area contributed by atoms with Gasteiger partial charge in [0.2, 0.25) is 5.91 Å². The van der Waals surface area contributed by atoms with Crippen molar-refractivity contribution in [2.45, 2.75) is 25.1 Å². The van der Waals surface area contributed by atoms with Gasteiger partial charge in [0.05, 0.1) is 7.11 Å². The second-order valence-corrected chi connectivity index (χ2v) is 9.67. The molecule has 0 saturated carbocycles. The van der Waals surface area contributed by atoms with Crippen LogP contribution in [0.25, 0.3) is 0 Å². The van der Waals surface area contributed by atoms with Gasteiger partial charge in [0.1, 0.15) is 11.8 Å². The zero-order valence-corrected chi connectivity index (χ0v) is 22.3. The van der Waals surface area contributed by atoms with Crippen LogP contribution in [0.1, 0.15) is 34.8 Å². The van der Waals surface area contributed by atoms with Gasteiger partial charge in [-0.15, -0.1) is 0 Å². The number of amides is 2. The number of hydrogen-bond acceptors (Lipinski definition) is 6. The van der Waals surface area contributed by atoms with Crippen molar-refractivity contribution < 1.29 is 37.4 Å². The van der Waals surface area contributed by atoms with Gasteiger partial charge in [0.25, 0.3) is 5.91 Å². The smallest absolute Gasteiger partial charge is 0.490 e. The quantitative estimate of drug-likeness (QED) is 0.474. The van der Waals surface area contributed by atoms with Crippen molar-refractivity contribution in [2.24, 2.45) is 5.92 Å². The number of halogens is 3. The molecule has 2 fully saturated rings. The minimum atomic E-state index is -5.08. The topological polar surface area (TPSA) is 111 Å². The van der Waals surface area contributed by atoms with Crippen LogP contribution in [0, 0.1) is 5.92 Å². The minimum absolute atomic E-state index is 0.0513. The zero-order chi connectivity index (χ0) is 29.1. The van der Waals surface area contributed by atoms with Gasteiger partial charge < -0.3 is 25.4 Å². The molecule has 2 saturated heterocycles. The number of hydrogen-bond donors (Lipinski definition) is 3. The summed E-state index contributed by atoms with van der Waals surface area (Å²) in [6, 6.07) is 15.7. The first-order chi connectivity index (χ1) is 19.1. The van der Waals surface area contributed by atoms with E-state index in [0.717, 1.165) is 44.2 Å². The van der Waals surface area contributed by atoms with E-state index in [0.29, 0.717) is 24.4 Å². The van der Waals surface area contributed by atoms with Crippen molar-refractivity contribution in [3.8, 4) is 5.75 Å². The summed E-state index contributed by atoms with van der Waals surface area (Å²) in [5.74, 6) is -1.65. The summed E-state index contributed by atoms with van der Waals surface area (Å²) in [6.07, 6.45) is -2.63. The van der Waals surface area contributed by atoms with Gasteiger partial charge in [-0.1, -0.05) is 30.3 Å². The van der Waals surface area contributed by atoms with Crippen molar-refractivity contribution in [1.82, 2.24) is 20.4 Å². The predicted molar refractivity (Wildman–Crippen MR) is 142 cm³/mol. The highest BCUT2D eigenvalue weighted by Crippen LogP contribution is 2.20. The number of rotatable bonds is 7. The predicted octanol–water partition coefficient (Wildman–Crippen LogP) is 2.94. The molecule has 9 nitrogen and oxygen atoms in total. The van der Waals surface area contributed by atoms with E-state index < -0.39 is 18.2 Å². The van der Waals surface area contributed by atoms with E-state index in [-0.39, 0.29) is 11.8 Å². The molecule has 218 valence electrons. The van der Waals surface area contributed by atoms with E-state index in [1.165, 1.54) is 12.8 Å². The normalized spacial score (nSPS) is 17.2. The Morgan fingerprint density at radius 3 is 2.10 bits per heavy atom. The van der Waals surface area contributed by atoms with Gasteiger partial charge in [-0.3, -0.25) is 14.5 Å². The molecule has 2 aliphatic rings. The van der Waals surface area contributed by atoms with Crippen LogP contribution in [-0.2, 0) is 9.59 Å². The largest absolute Gasteiger partial charge is 0.497 e. The molecule has 3 N–H and O–H groups in total. The van der Waals surface area contributed by atoms with E-state index in [1.807, 2.05) is 35.2 Å². The molecule has 2 amide bonds. The Kier molecular flexibility index (Phi) is 11.3. The highest BCUT2D eigenvalue weighted by molar-refractivity contribution is 5.98. The maximum absolute atomic E-state index is 13.5. The van der Waals surface area contributed by atoms with E-state index in [9.17, 15) is 22.8 Å². The van der Waals surface area contributed by atoms with Crippen molar-refractivity contribution in [3.05, 3.63) is 65.7 Å². The highest BCUT2D eigenvalue weighted by Gasteiger charge is 2.38. The maximum Gasteiger partial charge on any atom is 0.490 e. The zero-order valence-electron chi connectivity index (χ0n) is 22.3. The van der Waals surface area contributed by atoms with Crippen molar-refractivity contribution in [1.29, 1.82) is 0 Å². The van der Waals surface area contributed by atoms with E-state index in [2.05, 4.69) is 15.5 Å². The molecule has 2 aromatic rings. The number of ether oxygens (including phenoxy) is 1. The molecule has 2 aliphatic heterocycles. The average Bonchev–Trinajstić information content (AvgIpc) is 2.97. The van der Waals surface area contributed by atoms with Gasteiger partial charge >= 0.3 is 12.1 Å². The molecule has 2 aromatic carbocycles. The first-order valence-electron chi connectivity index (χ1n) is 13.1. The van der Waals surface area contributed by atoms with Crippen LogP contribution < -0.4 is 15.4 Å². The lowest BCUT2D eigenvalue weighted by Crippen LogP contribution is -2.53. The summed E-state index contributed by atoms with van der Waals surface area (Å²) in [6.45, 7) is 6.45. The molecule has 0 unspecified atom stereocenters. The Balaban J connectivity index is 0.000000559. The standard InChI is InChI=1S/C26H34N4O3.C2HF3O2/c1-33-23-9-7-22(8-10-23)25(31)28-24(21-5-3-2-4-6-21)26(32)30-17-15-29(16-18-30)19-20-11-13-27-14-12-20;3-2(4,5)1(6)7/h2-10,20,24,27H,11-19H2,1H3,(H,28,31);(H,6,7)/t24-;/m1./s1. The molecule has 0 aromatic heterocycles. The molecular weight excluding hydrogens is 529 g/mol. The highest BCUT2D eigenvalue weighted by atomic mass is 19.4. The molecular formula is C28H35F3N4O5. The Morgan fingerprint density at radius 1 is 1.00 bits per heavy atom. The maximum atomic E-state index is 13.5.